The summed E-state index contributed by atoms with van der Waals surface area (Å²) < 4.78 is 21.1. The molecule has 0 radical (unpaired) electrons. The molecule has 0 saturated carbocycles. The first-order chi connectivity index (χ1) is 6.91. The molecule has 0 aliphatic carbocycles. The molecular formula is C8H5NaO6S. The Hall–Kier alpha value is -0.730. The maximum atomic E-state index is 10.6. The molecule has 8 heteroatoms. The largest absolute Gasteiger partial charge is 1.00 e. The minimum Gasteiger partial charge on any atom is -0.768 e. The van der Waals surface area contributed by atoms with E-state index in [-0.39, 0.29) is 45.6 Å². The summed E-state index contributed by atoms with van der Waals surface area (Å²) in [7, 11) is 0. The number of carbonyl (C=O) groups is 2. The fourth-order valence-corrected chi connectivity index (χ4v) is 1.39. The molecule has 0 aromatic heterocycles. The number of carboxylic acids is 2. The third-order valence-electron chi connectivity index (χ3n) is 1.59. The molecule has 1 atom stereocenters. The number of rotatable bonds is 3. The van der Waals surface area contributed by atoms with E-state index >= 15 is 0 Å². The van der Waals surface area contributed by atoms with Crippen LogP contribution in [0.4, 0.5) is 0 Å². The zero-order valence-corrected chi connectivity index (χ0v) is 11.0. The Morgan fingerprint density at radius 2 is 1.44 bits per heavy atom. The summed E-state index contributed by atoms with van der Waals surface area (Å²) in [5, 5.41) is 17.2. The quantitative estimate of drug-likeness (QED) is 0.447. The molecule has 1 rings (SSSR count). The summed E-state index contributed by atoms with van der Waals surface area (Å²) >= 11 is -2.66. The van der Waals surface area contributed by atoms with Crippen molar-refractivity contribution in [3.8, 4) is 0 Å². The van der Waals surface area contributed by atoms with Crippen molar-refractivity contribution in [2.24, 2.45) is 0 Å². The van der Waals surface area contributed by atoms with Crippen LogP contribution >= 0.6 is 0 Å². The Bertz CT molecular complexity index is 379. The summed E-state index contributed by atoms with van der Waals surface area (Å²) in [6.07, 6.45) is 0. The third-order valence-corrected chi connectivity index (χ3v) is 2.21. The maximum Gasteiger partial charge on any atom is 1.00 e. The number of hydrogen-bond donors (Lipinski definition) is 2. The van der Waals surface area contributed by atoms with Crippen LogP contribution in [0, 0.1) is 0 Å². The zero-order valence-electron chi connectivity index (χ0n) is 8.17. The van der Waals surface area contributed by atoms with Crippen LogP contribution in [-0.4, -0.2) is 30.9 Å². The Kier molecular flexibility index (Phi) is 5.84. The summed E-state index contributed by atoms with van der Waals surface area (Å²) in [6.45, 7) is 0. The number of aromatic carboxylic acids is 2. The van der Waals surface area contributed by atoms with Crippen LogP contribution < -0.4 is 29.6 Å². The molecule has 0 bridgehead atoms. The van der Waals surface area contributed by atoms with Crippen LogP contribution in [0.3, 0.4) is 0 Å². The first-order valence-electron chi connectivity index (χ1n) is 3.62. The third kappa shape index (κ3) is 3.69. The van der Waals surface area contributed by atoms with Crippen molar-refractivity contribution in [1.82, 2.24) is 0 Å². The first-order valence-corrected chi connectivity index (χ1v) is 4.70. The van der Waals surface area contributed by atoms with Crippen LogP contribution in [0.25, 0.3) is 0 Å². The van der Waals surface area contributed by atoms with E-state index < -0.39 is 23.0 Å². The monoisotopic (exact) mass is 252 g/mol. The molecule has 0 aliphatic heterocycles. The fraction of sp³-hybridized carbons (Fsp3) is 0. The van der Waals surface area contributed by atoms with E-state index in [1.54, 1.807) is 0 Å². The van der Waals surface area contributed by atoms with Gasteiger partial charge in [-0.15, -0.1) is 0 Å². The molecule has 0 heterocycles. The standard InChI is InChI=1S/C8H6O6S.Na/c9-7(10)4-1-5(8(11)12)3-6(2-4)15(13)14;/h1-3H,(H,9,10)(H,11,12)(H,13,14);/q;+1/p-1. The van der Waals surface area contributed by atoms with Gasteiger partial charge in [0.25, 0.3) is 0 Å². The maximum absolute atomic E-state index is 10.6. The van der Waals surface area contributed by atoms with Crippen LogP contribution in [0.5, 0.6) is 0 Å². The average Bonchev–Trinajstić information content (AvgIpc) is 2.16. The second-order valence-corrected chi connectivity index (χ2v) is 3.53. The van der Waals surface area contributed by atoms with Crippen molar-refractivity contribution in [2.45, 2.75) is 4.90 Å². The molecule has 1 aromatic carbocycles. The minimum atomic E-state index is -2.66. The molecule has 1 aromatic rings. The summed E-state index contributed by atoms with van der Waals surface area (Å²) in [5.74, 6) is -2.77. The van der Waals surface area contributed by atoms with E-state index in [1.165, 1.54) is 0 Å². The van der Waals surface area contributed by atoms with Crippen molar-refractivity contribution in [2.75, 3.05) is 0 Å². The van der Waals surface area contributed by atoms with Crippen molar-refractivity contribution >= 4 is 23.0 Å². The van der Waals surface area contributed by atoms with Crippen LogP contribution in [0.15, 0.2) is 23.1 Å². The van der Waals surface area contributed by atoms with Crippen LogP contribution in [-0.2, 0) is 11.1 Å². The van der Waals surface area contributed by atoms with E-state index in [1.807, 2.05) is 0 Å². The molecule has 0 spiro atoms. The number of hydrogen-bond acceptors (Lipinski definition) is 4. The van der Waals surface area contributed by atoms with Gasteiger partial charge in [-0.3, -0.25) is 4.21 Å². The van der Waals surface area contributed by atoms with Crippen molar-refractivity contribution < 1.29 is 58.1 Å². The van der Waals surface area contributed by atoms with Crippen molar-refractivity contribution in [1.29, 1.82) is 0 Å². The van der Waals surface area contributed by atoms with E-state index in [0.29, 0.717) is 0 Å². The van der Waals surface area contributed by atoms with Crippen molar-refractivity contribution in [3.63, 3.8) is 0 Å². The van der Waals surface area contributed by atoms with Gasteiger partial charge in [0.05, 0.1) is 11.1 Å². The predicted octanol–water partition coefficient (Wildman–Crippen LogP) is -2.67. The van der Waals surface area contributed by atoms with Gasteiger partial charge in [-0.2, -0.15) is 0 Å². The molecular weight excluding hydrogens is 247 g/mol. The summed E-state index contributed by atoms with van der Waals surface area (Å²) in [6, 6.07) is 2.66. The van der Waals surface area contributed by atoms with Gasteiger partial charge in [0.2, 0.25) is 0 Å². The molecule has 2 N–H and O–H groups in total. The summed E-state index contributed by atoms with van der Waals surface area (Å²) in [4.78, 5) is 20.7. The minimum absolute atomic E-state index is 0. The van der Waals surface area contributed by atoms with Crippen molar-refractivity contribution in [3.05, 3.63) is 29.3 Å². The van der Waals surface area contributed by atoms with Gasteiger partial charge < -0.3 is 14.8 Å². The molecule has 0 aliphatic rings. The first kappa shape index (κ1) is 15.3. The van der Waals surface area contributed by atoms with Gasteiger partial charge in [0.15, 0.2) is 0 Å². The number of benzene rings is 1. The Labute approximate surface area is 115 Å². The predicted molar refractivity (Wildman–Crippen MR) is 47.5 cm³/mol. The second kappa shape index (κ2) is 6.12. The molecule has 0 amide bonds. The SMILES string of the molecule is O=C(O)c1cc(C(=O)O)cc(S(=O)[O-])c1.[Na+]. The Balaban J connectivity index is 0.00000225. The van der Waals surface area contributed by atoms with Crippen LogP contribution in [0.2, 0.25) is 0 Å². The molecule has 16 heavy (non-hydrogen) atoms. The van der Waals surface area contributed by atoms with E-state index in [4.69, 9.17) is 10.2 Å². The Morgan fingerprint density at radius 1 is 1.06 bits per heavy atom. The van der Waals surface area contributed by atoms with E-state index in [2.05, 4.69) is 0 Å². The average molecular weight is 252 g/mol. The Morgan fingerprint density at radius 3 is 1.69 bits per heavy atom. The van der Waals surface area contributed by atoms with Gasteiger partial charge in [0, 0.05) is 4.90 Å². The van der Waals surface area contributed by atoms with E-state index in [9.17, 15) is 18.4 Å². The molecule has 0 saturated heterocycles. The molecule has 1 unspecified atom stereocenters. The number of carboxylic acid groups (broad SMARTS) is 2. The van der Waals surface area contributed by atoms with E-state index in [0.717, 1.165) is 18.2 Å². The van der Waals surface area contributed by atoms with Gasteiger partial charge >= 0.3 is 41.5 Å². The second-order valence-electron chi connectivity index (χ2n) is 2.59. The topological polar surface area (TPSA) is 115 Å². The molecule has 6 nitrogen and oxygen atoms in total. The zero-order chi connectivity index (χ0) is 11.6. The molecule has 80 valence electrons. The fourth-order valence-electron chi connectivity index (χ4n) is 0.942. The van der Waals surface area contributed by atoms with Gasteiger partial charge in [-0.1, -0.05) is 0 Å². The normalized spacial score (nSPS) is 11.3. The van der Waals surface area contributed by atoms with Gasteiger partial charge in [-0.05, 0) is 29.3 Å². The smallest absolute Gasteiger partial charge is 0.768 e. The van der Waals surface area contributed by atoms with Crippen LogP contribution in [0.1, 0.15) is 20.7 Å². The summed E-state index contributed by atoms with van der Waals surface area (Å²) in [5.41, 5.74) is -0.761. The van der Waals surface area contributed by atoms with Gasteiger partial charge in [0.1, 0.15) is 0 Å². The molecule has 0 fully saturated rings. The van der Waals surface area contributed by atoms with Gasteiger partial charge in [-0.25, -0.2) is 9.59 Å².